The van der Waals surface area contributed by atoms with Crippen LogP contribution in [0.2, 0.25) is 5.02 Å². The third-order valence-electron chi connectivity index (χ3n) is 3.41. The molecule has 0 saturated carbocycles. The monoisotopic (exact) mass is 381 g/mol. The largest absolute Gasteiger partial charge is 0.416 e. The Kier molecular flexibility index (Phi) is 4.83. The number of hydrogen-bond acceptors (Lipinski definition) is 2. The van der Waals surface area contributed by atoms with E-state index in [1.807, 2.05) is 0 Å². The van der Waals surface area contributed by atoms with Crippen LogP contribution in [0.15, 0.2) is 60.7 Å². The molecule has 0 fully saturated rings. The fraction of sp³-hybridized carbons (Fsp3) is 0.0556. The third kappa shape index (κ3) is 4.21. The van der Waals surface area contributed by atoms with Crippen LogP contribution in [0.5, 0.6) is 0 Å². The van der Waals surface area contributed by atoms with Crippen LogP contribution in [0.4, 0.5) is 18.9 Å². The van der Waals surface area contributed by atoms with Crippen molar-refractivity contribution in [2.45, 2.75) is 6.18 Å². The second kappa shape index (κ2) is 6.90. The molecule has 25 heavy (non-hydrogen) atoms. The molecule has 1 heterocycles. The van der Waals surface area contributed by atoms with Crippen molar-refractivity contribution in [3.8, 4) is 10.4 Å². The fourth-order valence-electron chi connectivity index (χ4n) is 2.19. The molecule has 0 atom stereocenters. The van der Waals surface area contributed by atoms with E-state index in [1.54, 1.807) is 42.5 Å². The van der Waals surface area contributed by atoms with Crippen LogP contribution in [0.25, 0.3) is 10.4 Å². The van der Waals surface area contributed by atoms with E-state index in [-0.39, 0.29) is 5.91 Å². The SMILES string of the molecule is O=C(Nc1ccc(Cl)cc1)c1ccc(-c2cccc(C(F)(F)F)c2)s1. The number of alkyl halides is 3. The highest BCUT2D eigenvalue weighted by atomic mass is 35.5. The zero-order valence-electron chi connectivity index (χ0n) is 12.6. The molecule has 2 nitrogen and oxygen atoms in total. The Labute approximate surface area is 150 Å². The van der Waals surface area contributed by atoms with Gasteiger partial charge in [0.2, 0.25) is 0 Å². The van der Waals surface area contributed by atoms with E-state index in [4.69, 9.17) is 11.6 Å². The molecule has 1 aromatic heterocycles. The van der Waals surface area contributed by atoms with Crippen molar-refractivity contribution in [1.29, 1.82) is 0 Å². The number of benzene rings is 2. The van der Waals surface area contributed by atoms with Crippen molar-refractivity contribution in [1.82, 2.24) is 0 Å². The van der Waals surface area contributed by atoms with Gasteiger partial charge in [-0.3, -0.25) is 4.79 Å². The van der Waals surface area contributed by atoms with Crippen LogP contribution in [0.3, 0.4) is 0 Å². The van der Waals surface area contributed by atoms with Crippen molar-refractivity contribution < 1.29 is 18.0 Å². The minimum absolute atomic E-state index is 0.328. The number of rotatable bonds is 3. The maximum Gasteiger partial charge on any atom is 0.416 e. The van der Waals surface area contributed by atoms with Gasteiger partial charge in [-0.25, -0.2) is 0 Å². The van der Waals surface area contributed by atoms with Crippen molar-refractivity contribution >= 4 is 34.5 Å². The van der Waals surface area contributed by atoms with Crippen LogP contribution in [-0.2, 0) is 6.18 Å². The van der Waals surface area contributed by atoms with Gasteiger partial charge in [0.1, 0.15) is 0 Å². The van der Waals surface area contributed by atoms with Crippen LogP contribution in [0.1, 0.15) is 15.2 Å². The highest BCUT2D eigenvalue weighted by Crippen LogP contribution is 2.34. The molecule has 0 bridgehead atoms. The van der Waals surface area contributed by atoms with E-state index in [0.29, 0.717) is 26.0 Å². The van der Waals surface area contributed by atoms with Crippen LogP contribution in [-0.4, -0.2) is 5.91 Å². The summed E-state index contributed by atoms with van der Waals surface area (Å²) in [5.74, 6) is -0.328. The zero-order valence-corrected chi connectivity index (χ0v) is 14.2. The van der Waals surface area contributed by atoms with Gasteiger partial charge in [-0.05, 0) is 54.1 Å². The Morgan fingerprint density at radius 2 is 1.72 bits per heavy atom. The normalized spacial score (nSPS) is 11.4. The average Bonchev–Trinajstić information content (AvgIpc) is 3.06. The van der Waals surface area contributed by atoms with Gasteiger partial charge in [0.15, 0.2) is 0 Å². The Hall–Kier alpha value is -2.31. The first-order valence-corrected chi connectivity index (χ1v) is 8.37. The standard InChI is InChI=1S/C18H11ClF3NOS/c19-13-4-6-14(7-5-13)23-17(24)16-9-8-15(25-16)11-2-1-3-12(10-11)18(20,21)22/h1-10H,(H,23,24). The van der Waals surface area contributed by atoms with Crippen LogP contribution >= 0.6 is 22.9 Å². The molecule has 0 aliphatic carbocycles. The molecule has 0 unspecified atom stereocenters. The molecule has 3 aromatic rings. The molecule has 1 amide bonds. The second-order valence-electron chi connectivity index (χ2n) is 5.20. The third-order valence-corrected chi connectivity index (χ3v) is 4.79. The number of carbonyl (C=O) groups is 1. The lowest BCUT2D eigenvalue weighted by molar-refractivity contribution is -0.137. The molecule has 7 heteroatoms. The van der Waals surface area contributed by atoms with Crippen molar-refractivity contribution in [2.24, 2.45) is 0 Å². The minimum Gasteiger partial charge on any atom is -0.321 e. The first kappa shape index (κ1) is 17.5. The van der Waals surface area contributed by atoms with Crippen LogP contribution in [0, 0.1) is 0 Å². The highest BCUT2D eigenvalue weighted by Gasteiger charge is 2.30. The topological polar surface area (TPSA) is 29.1 Å². The molecule has 0 saturated heterocycles. The molecule has 1 N–H and O–H groups in total. The number of hydrogen-bond donors (Lipinski definition) is 1. The van der Waals surface area contributed by atoms with Gasteiger partial charge in [-0.2, -0.15) is 13.2 Å². The molecular formula is C18H11ClF3NOS. The van der Waals surface area contributed by atoms with E-state index in [1.165, 1.54) is 6.07 Å². The molecule has 0 aliphatic rings. The number of nitrogens with one attached hydrogen (secondary N) is 1. The smallest absolute Gasteiger partial charge is 0.321 e. The van der Waals surface area contributed by atoms with Gasteiger partial charge >= 0.3 is 6.18 Å². The molecule has 0 spiro atoms. The zero-order chi connectivity index (χ0) is 18.0. The lowest BCUT2D eigenvalue weighted by atomic mass is 10.1. The van der Waals surface area contributed by atoms with Gasteiger partial charge in [-0.15, -0.1) is 11.3 Å². The second-order valence-corrected chi connectivity index (χ2v) is 6.72. The minimum atomic E-state index is -4.40. The van der Waals surface area contributed by atoms with Crippen molar-refractivity contribution in [3.05, 3.63) is 76.1 Å². The summed E-state index contributed by atoms with van der Waals surface area (Å²) >= 11 is 6.92. The number of carbonyl (C=O) groups excluding carboxylic acids is 1. The molecule has 0 aliphatic heterocycles. The highest BCUT2D eigenvalue weighted by molar-refractivity contribution is 7.17. The summed E-state index contributed by atoms with van der Waals surface area (Å²) in [4.78, 5) is 13.3. The molecule has 2 aromatic carbocycles. The average molecular weight is 382 g/mol. The Balaban J connectivity index is 1.80. The summed E-state index contributed by atoms with van der Waals surface area (Å²) in [7, 11) is 0. The summed E-state index contributed by atoms with van der Waals surface area (Å²) in [5, 5.41) is 3.28. The summed E-state index contributed by atoms with van der Waals surface area (Å²) in [6.45, 7) is 0. The quantitative estimate of drug-likeness (QED) is 0.563. The Morgan fingerprint density at radius 3 is 2.40 bits per heavy atom. The predicted molar refractivity (Wildman–Crippen MR) is 94.2 cm³/mol. The molecular weight excluding hydrogens is 371 g/mol. The van der Waals surface area contributed by atoms with E-state index < -0.39 is 11.7 Å². The first-order valence-electron chi connectivity index (χ1n) is 7.17. The first-order chi connectivity index (χ1) is 11.8. The Bertz CT molecular complexity index is 903. The Morgan fingerprint density at radius 1 is 1.00 bits per heavy atom. The van der Waals surface area contributed by atoms with Crippen LogP contribution < -0.4 is 5.32 Å². The predicted octanol–water partition coefficient (Wildman–Crippen LogP) is 6.34. The lowest BCUT2D eigenvalue weighted by Crippen LogP contribution is -2.09. The fourth-order valence-corrected chi connectivity index (χ4v) is 3.21. The van der Waals surface area contributed by atoms with E-state index in [0.717, 1.165) is 23.5 Å². The molecule has 0 radical (unpaired) electrons. The number of thiophene rings is 1. The van der Waals surface area contributed by atoms with E-state index in [2.05, 4.69) is 5.32 Å². The molecule has 3 rings (SSSR count). The lowest BCUT2D eigenvalue weighted by Gasteiger charge is -2.07. The van der Waals surface area contributed by atoms with Gasteiger partial charge in [0, 0.05) is 15.6 Å². The summed E-state index contributed by atoms with van der Waals surface area (Å²) in [5.41, 5.74) is 0.291. The summed E-state index contributed by atoms with van der Waals surface area (Å²) in [6, 6.07) is 14.9. The maximum atomic E-state index is 12.8. The molecule has 128 valence electrons. The number of anilines is 1. The van der Waals surface area contributed by atoms with Gasteiger partial charge < -0.3 is 5.32 Å². The van der Waals surface area contributed by atoms with Gasteiger partial charge in [0.05, 0.1) is 10.4 Å². The van der Waals surface area contributed by atoms with Crippen molar-refractivity contribution in [3.63, 3.8) is 0 Å². The summed E-state index contributed by atoms with van der Waals surface area (Å²) < 4.78 is 38.5. The van der Waals surface area contributed by atoms with Gasteiger partial charge in [-0.1, -0.05) is 23.7 Å². The maximum absolute atomic E-state index is 12.8. The van der Waals surface area contributed by atoms with E-state index >= 15 is 0 Å². The van der Waals surface area contributed by atoms with E-state index in [9.17, 15) is 18.0 Å². The van der Waals surface area contributed by atoms with Gasteiger partial charge in [0.25, 0.3) is 5.91 Å². The number of halogens is 4. The van der Waals surface area contributed by atoms with Crippen molar-refractivity contribution in [2.75, 3.05) is 5.32 Å². The number of amides is 1. The summed E-state index contributed by atoms with van der Waals surface area (Å²) in [6.07, 6.45) is -4.40.